The lowest BCUT2D eigenvalue weighted by Crippen LogP contribution is -2.52. The van der Waals surface area contributed by atoms with Gasteiger partial charge in [-0.1, -0.05) is 12.1 Å². The number of carbonyl (C=O) groups is 3. The number of benzene rings is 2. The molecule has 0 atom stereocenters. The zero-order valence-corrected chi connectivity index (χ0v) is 19.7. The quantitative estimate of drug-likeness (QED) is 0.610. The molecule has 34 heavy (non-hydrogen) atoms. The van der Waals surface area contributed by atoms with Gasteiger partial charge in [0.15, 0.2) is 11.6 Å². The molecule has 6 heteroatoms. The molecule has 0 N–H and O–H groups in total. The highest BCUT2D eigenvalue weighted by Gasteiger charge is 2.43. The molecular weight excluding hydrogens is 430 g/mol. The predicted molar refractivity (Wildman–Crippen MR) is 128 cm³/mol. The summed E-state index contributed by atoms with van der Waals surface area (Å²) in [6, 6.07) is 11.3. The van der Waals surface area contributed by atoms with Gasteiger partial charge in [-0.05, 0) is 55.0 Å². The third kappa shape index (κ3) is 4.46. The van der Waals surface area contributed by atoms with Crippen molar-refractivity contribution in [2.24, 2.45) is 0 Å². The van der Waals surface area contributed by atoms with Crippen LogP contribution < -0.4 is 9.47 Å². The summed E-state index contributed by atoms with van der Waals surface area (Å²) in [5, 5.41) is 0. The van der Waals surface area contributed by atoms with E-state index in [-0.39, 0.29) is 30.3 Å². The molecule has 2 aromatic carbocycles. The van der Waals surface area contributed by atoms with Gasteiger partial charge in [0.05, 0.1) is 19.1 Å². The average Bonchev–Trinajstić information content (AvgIpc) is 2.86. The molecule has 1 aliphatic carbocycles. The van der Waals surface area contributed by atoms with Gasteiger partial charge in [-0.2, -0.15) is 0 Å². The number of Topliss-reactive ketones (excluding diaryl/α,β-unsaturated/α-hetero) is 2. The van der Waals surface area contributed by atoms with Crippen LogP contribution in [-0.4, -0.2) is 48.2 Å². The second-order valence-corrected chi connectivity index (χ2v) is 9.74. The van der Waals surface area contributed by atoms with Crippen LogP contribution in [0.5, 0.6) is 11.5 Å². The first kappa shape index (κ1) is 22.6. The number of rotatable bonds is 5. The van der Waals surface area contributed by atoms with Crippen molar-refractivity contribution < 1.29 is 23.9 Å². The smallest absolute Gasteiger partial charge is 0.223 e. The Kier molecular flexibility index (Phi) is 6.15. The molecule has 0 saturated carbocycles. The van der Waals surface area contributed by atoms with Crippen LogP contribution >= 0.6 is 0 Å². The van der Waals surface area contributed by atoms with E-state index >= 15 is 0 Å². The van der Waals surface area contributed by atoms with Gasteiger partial charge >= 0.3 is 0 Å². The Balaban J connectivity index is 1.16. The molecule has 1 fully saturated rings. The molecule has 1 saturated heterocycles. The van der Waals surface area contributed by atoms with Crippen LogP contribution in [0.3, 0.4) is 0 Å². The van der Waals surface area contributed by atoms with Crippen LogP contribution in [0.4, 0.5) is 0 Å². The summed E-state index contributed by atoms with van der Waals surface area (Å²) in [5.74, 6) is 1.30. The fraction of sp³-hybridized carbons (Fsp3) is 0.464. The molecule has 2 aliphatic heterocycles. The molecule has 6 nitrogen and oxygen atoms in total. The van der Waals surface area contributed by atoms with Gasteiger partial charge in [0.1, 0.15) is 17.1 Å². The number of carbonyl (C=O) groups excluding carboxylic acids is 3. The van der Waals surface area contributed by atoms with E-state index in [0.717, 1.165) is 12.8 Å². The van der Waals surface area contributed by atoms with E-state index in [4.69, 9.17) is 9.47 Å². The Morgan fingerprint density at radius 2 is 1.76 bits per heavy atom. The predicted octanol–water partition coefficient (Wildman–Crippen LogP) is 4.56. The van der Waals surface area contributed by atoms with Crippen molar-refractivity contribution in [3.05, 3.63) is 58.7 Å². The van der Waals surface area contributed by atoms with Crippen LogP contribution in [0.15, 0.2) is 36.4 Å². The molecule has 1 spiro atoms. The fourth-order valence-electron chi connectivity index (χ4n) is 5.47. The summed E-state index contributed by atoms with van der Waals surface area (Å²) < 4.78 is 11.6. The van der Waals surface area contributed by atoms with E-state index in [9.17, 15) is 14.4 Å². The Bertz CT molecular complexity index is 1130. The molecule has 5 rings (SSSR count). The number of piperidine rings is 1. The molecule has 1 amide bonds. The molecule has 3 aliphatic rings. The van der Waals surface area contributed by atoms with E-state index in [1.165, 1.54) is 24.0 Å². The van der Waals surface area contributed by atoms with E-state index in [1.54, 1.807) is 30.2 Å². The monoisotopic (exact) mass is 461 g/mol. The molecule has 178 valence electrons. The largest absolute Gasteiger partial charge is 0.497 e. The third-order valence-electron chi connectivity index (χ3n) is 7.56. The number of fused-ring (bicyclic) bond motifs is 2. The number of ketones is 2. The SMILES string of the molecule is COc1ccc2c(c1)OC1(CCN(C(=O)CCC(=O)c3ccc4c(c3)CCCC4)CC1)CC2=O. The summed E-state index contributed by atoms with van der Waals surface area (Å²) in [6.45, 7) is 1.05. The number of amides is 1. The number of ether oxygens (including phenoxy) is 2. The van der Waals surface area contributed by atoms with Crippen LogP contribution in [0, 0.1) is 0 Å². The summed E-state index contributed by atoms with van der Waals surface area (Å²) in [5.41, 5.74) is 3.36. The summed E-state index contributed by atoms with van der Waals surface area (Å²) >= 11 is 0. The Morgan fingerprint density at radius 3 is 2.53 bits per heavy atom. The second-order valence-electron chi connectivity index (χ2n) is 9.74. The minimum atomic E-state index is -0.577. The van der Waals surface area contributed by atoms with E-state index < -0.39 is 5.60 Å². The van der Waals surface area contributed by atoms with Crippen molar-refractivity contribution in [2.45, 2.75) is 63.4 Å². The lowest BCUT2D eigenvalue weighted by molar-refractivity contribution is -0.134. The molecule has 0 bridgehead atoms. The highest BCUT2D eigenvalue weighted by molar-refractivity contribution is 6.00. The Labute approximate surface area is 200 Å². The Morgan fingerprint density at radius 1 is 1.00 bits per heavy atom. The van der Waals surface area contributed by atoms with Crippen molar-refractivity contribution in [1.29, 1.82) is 0 Å². The number of hydrogen-bond acceptors (Lipinski definition) is 5. The number of aryl methyl sites for hydroxylation is 2. The number of likely N-dealkylation sites (tertiary alicyclic amines) is 1. The van der Waals surface area contributed by atoms with Gasteiger partial charge in [-0.25, -0.2) is 0 Å². The van der Waals surface area contributed by atoms with E-state index in [0.29, 0.717) is 55.0 Å². The summed E-state index contributed by atoms with van der Waals surface area (Å²) in [7, 11) is 1.59. The normalized spacial score (nSPS) is 18.6. The first-order valence-electron chi connectivity index (χ1n) is 12.3. The van der Waals surface area contributed by atoms with Gasteiger partial charge in [0, 0.05) is 50.4 Å². The highest BCUT2D eigenvalue weighted by Crippen LogP contribution is 2.40. The summed E-state index contributed by atoms with van der Waals surface area (Å²) in [4.78, 5) is 40.1. The topological polar surface area (TPSA) is 72.9 Å². The van der Waals surface area contributed by atoms with E-state index in [1.807, 2.05) is 12.1 Å². The van der Waals surface area contributed by atoms with Gasteiger partial charge < -0.3 is 14.4 Å². The second kappa shape index (κ2) is 9.24. The van der Waals surface area contributed by atoms with Gasteiger partial charge in [-0.15, -0.1) is 0 Å². The van der Waals surface area contributed by atoms with Crippen molar-refractivity contribution in [3.8, 4) is 11.5 Å². The maximum absolute atomic E-state index is 12.8. The fourth-order valence-corrected chi connectivity index (χ4v) is 5.47. The maximum Gasteiger partial charge on any atom is 0.223 e. The minimum absolute atomic E-state index is 0.00892. The maximum atomic E-state index is 12.8. The van der Waals surface area contributed by atoms with Crippen LogP contribution in [0.1, 0.15) is 76.8 Å². The molecule has 0 aromatic heterocycles. The molecule has 0 radical (unpaired) electrons. The lowest BCUT2D eigenvalue weighted by Gasteiger charge is -2.44. The van der Waals surface area contributed by atoms with Crippen molar-refractivity contribution in [2.75, 3.05) is 20.2 Å². The molecule has 2 aromatic rings. The first-order valence-corrected chi connectivity index (χ1v) is 12.3. The summed E-state index contributed by atoms with van der Waals surface area (Å²) in [6.07, 6.45) is 6.47. The average molecular weight is 462 g/mol. The standard InChI is InChI=1S/C28H31NO5/c1-33-22-8-9-23-25(31)18-28(34-26(23)17-22)12-14-29(15-13-28)27(32)11-10-24(30)21-7-6-19-4-2-3-5-20(19)16-21/h6-9,16-17H,2-5,10-15,18H2,1H3. The minimum Gasteiger partial charge on any atom is -0.497 e. The highest BCUT2D eigenvalue weighted by atomic mass is 16.5. The lowest BCUT2D eigenvalue weighted by atomic mass is 9.82. The third-order valence-corrected chi connectivity index (χ3v) is 7.56. The number of nitrogens with zero attached hydrogens (tertiary/aromatic N) is 1. The molecular formula is C28H31NO5. The van der Waals surface area contributed by atoms with Crippen molar-refractivity contribution in [1.82, 2.24) is 4.90 Å². The zero-order chi connectivity index (χ0) is 23.7. The van der Waals surface area contributed by atoms with Gasteiger partial charge in [0.25, 0.3) is 0 Å². The van der Waals surface area contributed by atoms with Crippen molar-refractivity contribution >= 4 is 17.5 Å². The van der Waals surface area contributed by atoms with Crippen LogP contribution in [0.2, 0.25) is 0 Å². The zero-order valence-electron chi connectivity index (χ0n) is 19.7. The number of hydrogen-bond donors (Lipinski definition) is 0. The van der Waals surface area contributed by atoms with Crippen LogP contribution in [-0.2, 0) is 17.6 Å². The molecule has 0 unspecified atom stereocenters. The van der Waals surface area contributed by atoms with Gasteiger partial charge in [-0.3, -0.25) is 14.4 Å². The van der Waals surface area contributed by atoms with Crippen LogP contribution in [0.25, 0.3) is 0 Å². The Hall–Kier alpha value is -3.15. The van der Waals surface area contributed by atoms with Crippen molar-refractivity contribution in [3.63, 3.8) is 0 Å². The van der Waals surface area contributed by atoms with E-state index in [2.05, 4.69) is 6.07 Å². The first-order chi connectivity index (χ1) is 16.5. The van der Waals surface area contributed by atoms with Gasteiger partial charge in [0.2, 0.25) is 5.91 Å². The number of methoxy groups -OCH3 is 1. The molecule has 2 heterocycles.